The van der Waals surface area contributed by atoms with Crippen LogP contribution in [0, 0.1) is 0 Å². The third-order valence-electron chi connectivity index (χ3n) is 6.53. The number of aromatic nitrogens is 1. The molecular weight excluding hydrogens is 418 g/mol. The van der Waals surface area contributed by atoms with Crippen LogP contribution < -0.4 is 4.57 Å². The summed E-state index contributed by atoms with van der Waals surface area (Å²) in [5.74, 6) is 0. The Kier molecular flexibility index (Phi) is 14.5. The van der Waals surface area contributed by atoms with Crippen LogP contribution in [0.5, 0.6) is 0 Å². The van der Waals surface area contributed by atoms with Crippen molar-refractivity contribution in [2.75, 3.05) is 59.7 Å². The fraction of sp³-hybridized carbons (Fsp3) is 0.621. The van der Waals surface area contributed by atoms with Gasteiger partial charge in [0.1, 0.15) is 38.9 Å². The molecular formula is C29H54N5+5. The van der Waals surface area contributed by atoms with Gasteiger partial charge in [0.25, 0.3) is 0 Å². The van der Waals surface area contributed by atoms with Gasteiger partial charge in [0.05, 0.1) is 13.6 Å². The van der Waals surface area contributed by atoms with Gasteiger partial charge in [0.2, 0.25) is 13.3 Å². The molecule has 1 aromatic heterocycles. The maximum absolute atomic E-state index is 2.37. The zero-order valence-electron chi connectivity index (χ0n) is 23.4. The van der Waals surface area contributed by atoms with Crippen molar-refractivity contribution < 1.29 is 22.7 Å². The third-order valence-corrected chi connectivity index (χ3v) is 6.53. The van der Waals surface area contributed by atoms with Gasteiger partial charge in [0.15, 0.2) is 31.4 Å². The largest absolute Gasteiger partial charge is 0.233 e. The minimum Gasteiger partial charge on any atom is -0.233 e. The van der Waals surface area contributed by atoms with Crippen molar-refractivity contribution in [3.05, 3.63) is 55.0 Å². The Morgan fingerprint density at radius 1 is 0.794 bits per heavy atom. The summed E-state index contributed by atoms with van der Waals surface area (Å²) in [4.78, 5) is 0. The Morgan fingerprint density at radius 2 is 1.47 bits per heavy atom. The summed E-state index contributed by atoms with van der Waals surface area (Å²) in [7, 11) is 2.37. The molecule has 0 radical (unpaired) electrons. The average molecular weight is 473 g/mol. The maximum atomic E-state index is 2.37. The van der Waals surface area contributed by atoms with Crippen molar-refractivity contribution in [2.45, 2.75) is 60.9 Å². The first kappa shape index (κ1) is 29.9. The minimum atomic E-state index is 1.06. The van der Waals surface area contributed by atoms with Crippen LogP contribution in [0.15, 0.2) is 55.0 Å². The van der Waals surface area contributed by atoms with E-state index in [1.165, 1.54) is 48.4 Å². The molecule has 5 heteroatoms. The summed E-state index contributed by atoms with van der Waals surface area (Å²) in [6.45, 7) is 24.4. The van der Waals surface area contributed by atoms with Gasteiger partial charge < -0.3 is 0 Å². The predicted octanol–water partition coefficient (Wildman–Crippen LogP) is 4.29. The number of aryl methyl sites for hydroxylation is 1. The Balaban J connectivity index is 0.000000219. The topological polar surface area (TPSA) is 9.90 Å². The first-order valence-electron chi connectivity index (χ1n) is 13.5. The second-order valence-corrected chi connectivity index (χ2v) is 9.72. The lowest BCUT2D eigenvalue weighted by Gasteiger charge is -2.44. The number of hydrogen-bond donors (Lipinski definition) is 0. The van der Waals surface area contributed by atoms with E-state index in [0.29, 0.717) is 0 Å². The summed E-state index contributed by atoms with van der Waals surface area (Å²) in [5, 5.41) is 0. The molecule has 5 aliphatic rings. The number of allylic oxidation sites excluding steroid dienone is 2. The molecule has 0 atom stereocenters. The number of quaternary nitrogens is 2. The Labute approximate surface area is 210 Å². The lowest BCUT2D eigenvalue weighted by Crippen LogP contribution is -2.68. The third kappa shape index (κ3) is 10.9. The summed E-state index contributed by atoms with van der Waals surface area (Å²) in [6, 6.07) is 6.08. The van der Waals surface area contributed by atoms with Crippen LogP contribution in [0.2, 0.25) is 0 Å². The van der Waals surface area contributed by atoms with E-state index in [9.17, 15) is 0 Å². The molecule has 190 valence electrons. The fourth-order valence-electron chi connectivity index (χ4n) is 4.51. The van der Waals surface area contributed by atoms with E-state index >= 15 is 0 Å². The van der Waals surface area contributed by atoms with E-state index in [0.717, 1.165) is 32.6 Å². The van der Waals surface area contributed by atoms with Crippen molar-refractivity contribution in [1.82, 2.24) is 0 Å². The molecule has 0 saturated carbocycles. The number of rotatable bonds is 4. The van der Waals surface area contributed by atoms with Gasteiger partial charge in [-0.05, 0) is 39.8 Å². The van der Waals surface area contributed by atoms with Crippen LogP contribution in [-0.4, -0.2) is 90.2 Å². The first-order valence-corrected chi connectivity index (χ1v) is 13.5. The molecule has 3 fully saturated rings. The normalized spacial score (nSPS) is 24.6. The highest BCUT2D eigenvalue weighted by Gasteiger charge is 2.59. The molecule has 5 nitrogen and oxygen atoms in total. The van der Waals surface area contributed by atoms with Gasteiger partial charge in [-0.2, -0.15) is 0 Å². The first-order chi connectivity index (χ1) is 16.4. The van der Waals surface area contributed by atoms with E-state index in [-0.39, 0.29) is 0 Å². The van der Waals surface area contributed by atoms with Crippen LogP contribution in [0.4, 0.5) is 0 Å². The zero-order valence-corrected chi connectivity index (χ0v) is 23.4. The van der Waals surface area contributed by atoms with Gasteiger partial charge in [-0.3, -0.25) is 0 Å². The van der Waals surface area contributed by atoms with E-state index in [4.69, 9.17) is 0 Å². The van der Waals surface area contributed by atoms with Gasteiger partial charge in [-0.1, -0.05) is 26.3 Å². The Bertz CT molecular complexity index is 786. The fourth-order valence-corrected chi connectivity index (χ4v) is 4.51. The maximum Gasteiger partial charge on any atom is 0.216 e. The molecule has 6 rings (SSSR count). The molecule has 0 unspecified atom stereocenters. The molecule has 0 N–H and O–H groups in total. The predicted molar refractivity (Wildman–Crippen MR) is 146 cm³/mol. The second-order valence-electron chi connectivity index (χ2n) is 9.72. The highest BCUT2D eigenvalue weighted by Crippen LogP contribution is 2.33. The summed E-state index contributed by atoms with van der Waals surface area (Å²) in [5.41, 5.74) is 0. The molecule has 5 aliphatic heterocycles. The molecule has 3 saturated heterocycles. The van der Waals surface area contributed by atoms with Gasteiger partial charge in [-0.15, -0.1) is 0 Å². The van der Waals surface area contributed by atoms with E-state index in [1.807, 2.05) is 18.2 Å². The molecule has 0 aliphatic carbocycles. The lowest BCUT2D eigenvalue weighted by atomic mass is 10.4. The van der Waals surface area contributed by atoms with Crippen LogP contribution in [0.3, 0.4) is 0 Å². The molecule has 34 heavy (non-hydrogen) atoms. The minimum absolute atomic E-state index is 1.06. The molecule has 6 heterocycles. The lowest BCUT2D eigenvalue weighted by molar-refractivity contribution is -1.21. The summed E-state index contributed by atoms with van der Waals surface area (Å²) in [6.07, 6.45) is 19.3. The van der Waals surface area contributed by atoms with E-state index < -0.39 is 0 Å². The molecule has 1 aromatic rings. The van der Waals surface area contributed by atoms with Crippen molar-refractivity contribution in [1.29, 1.82) is 0 Å². The SMILES string of the molecule is CCC.CC[N+]12CC[N+](C)(C1)C2.CC[N+]1=CC=CC1.CC[N+]1=CCC=C1.CC[n+]1ccccc1. The van der Waals surface area contributed by atoms with Crippen LogP contribution in [-0.2, 0) is 6.54 Å². The summed E-state index contributed by atoms with van der Waals surface area (Å²) >= 11 is 0. The van der Waals surface area contributed by atoms with E-state index in [1.54, 1.807) is 0 Å². The highest BCUT2D eigenvalue weighted by molar-refractivity contribution is 5.67. The monoisotopic (exact) mass is 472 g/mol. The smallest absolute Gasteiger partial charge is 0.216 e. The van der Waals surface area contributed by atoms with Gasteiger partial charge in [-0.25, -0.2) is 22.7 Å². The number of pyridine rings is 1. The number of hydrogen-bond acceptors (Lipinski definition) is 0. The van der Waals surface area contributed by atoms with Crippen LogP contribution >= 0.6 is 0 Å². The molecule has 0 aromatic carbocycles. The highest BCUT2D eigenvalue weighted by atomic mass is 15.7. The number of fused-ring (bicyclic) bond motifs is 1. The van der Waals surface area contributed by atoms with Crippen molar-refractivity contribution >= 4 is 12.4 Å². The van der Waals surface area contributed by atoms with Crippen molar-refractivity contribution in [3.63, 3.8) is 0 Å². The Hall–Kier alpha value is -2.11. The average Bonchev–Trinajstić information content (AvgIpc) is 3.66. The van der Waals surface area contributed by atoms with Gasteiger partial charge >= 0.3 is 0 Å². The summed E-state index contributed by atoms with van der Waals surface area (Å²) < 4.78 is 9.32. The quantitative estimate of drug-likeness (QED) is 0.457. The van der Waals surface area contributed by atoms with Crippen molar-refractivity contribution in [3.8, 4) is 0 Å². The van der Waals surface area contributed by atoms with E-state index in [2.05, 4.69) is 112 Å². The molecule has 0 spiro atoms. The second kappa shape index (κ2) is 16.5. The van der Waals surface area contributed by atoms with Crippen molar-refractivity contribution in [2.24, 2.45) is 0 Å². The van der Waals surface area contributed by atoms with Gasteiger partial charge in [0, 0.05) is 24.6 Å². The number of nitrogens with zero attached hydrogens (tertiary/aromatic N) is 5. The molecule has 0 amide bonds. The Morgan fingerprint density at radius 3 is 1.74 bits per heavy atom. The number of likely N-dealkylation sites (N-methyl/N-ethyl adjacent to an activating group) is 3. The van der Waals surface area contributed by atoms with Crippen LogP contribution in [0.1, 0.15) is 54.4 Å². The standard InChI is InChI=1S/C7H16N2.C7H10N.2C6H10N.C3H8/c1-3-9-5-4-8(2,6-9)7-9;1-2-8-6-4-3-5-7-8;2*1-2-7-5-3-4-6-7;1-3-2/h3-7H2,1-2H3;3-7H,2H2,1H3;3,5-6H,2,4H2,1H3;3-5H,2,6H2,1H3;3H2,1-2H3/q+2;3*+1;. The molecule has 2 bridgehead atoms. The zero-order chi connectivity index (χ0) is 25.3. The van der Waals surface area contributed by atoms with Crippen LogP contribution in [0.25, 0.3) is 0 Å².